The van der Waals surface area contributed by atoms with Crippen LogP contribution in [0.2, 0.25) is 0 Å². The van der Waals surface area contributed by atoms with E-state index in [1.54, 1.807) is 12.1 Å². The lowest BCUT2D eigenvalue weighted by atomic mass is 10.2. The Labute approximate surface area is 108 Å². The smallest absolute Gasteiger partial charge is 0.269 e. The van der Waals surface area contributed by atoms with Crippen molar-refractivity contribution in [2.24, 2.45) is 0 Å². The average Bonchev–Trinajstić information content (AvgIpc) is 3.13. The van der Waals surface area contributed by atoms with Crippen molar-refractivity contribution in [3.8, 4) is 11.5 Å². The second-order valence-corrected chi connectivity index (χ2v) is 4.47. The SMILES string of the molecule is O=[N+]([O-])c1ccc(-c2nc(CNC3CC3)no2)cc1. The van der Waals surface area contributed by atoms with Crippen molar-refractivity contribution in [1.82, 2.24) is 15.5 Å². The standard InChI is InChI=1S/C12H12N4O3/c17-16(18)10-5-1-8(2-6-10)12-14-11(15-19-12)7-13-9-3-4-9/h1-2,5-6,9,13H,3-4,7H2. The minimum absolute atomic E-state index is 0.0406. The van der Waals surface area contributed by atoms with Crippen LogP contribution in [0.5, 0.6) is 0 Å². The largest absolute Gasteiger partial charge is 0.334 e. The van der Waals surface area contributed by atoms with Crippen LogP contribution >= 0.6 is 0 Å². The molecule has 0 atom stereocenters. The van der Waals surface area contributed by atoms with E-state index < -0.39 is 4.92 Å². The monoisotopic (exact) mass is 260 g/mol. The summed E-state index contributed by atoms with van der Waals surface area (Å²) < 4.78 is 5.13. The number of non-ortho nitro benzene ring substituents is 1. The van der Waals surface area contributed by atoms with Gasteiger partial charge in [-0.15, -0.1) is 0 Å². The minimum Gasteiger partial charge on any atom is -0.334 e. The van der Waals surface area contributed by atoms with Crippen molar-refractivity contribution in [3.05, 3.63) is 40.2 Å². The predicted molar refractivity (Wildman–Crippen MR) is 66.3 cm³/mol. The first kappa shape index (κ1) is 11.8. The Kier molecular flexibility index (Phi) is 2.96. The molecule has 98 valence electrons. The van der Waals surface area contributed by atoms with Gasteiger partial charge in [0.1, 0.15) is 0 Å². The van der Waals surface area contributed by atoms with E-state index in [4.69, 9.17) is 4.52 Å². The molecular formula is C12H12N4O3. The first-order valence-corrected chi connectivity index (χ1v) is 6.03. The zero-order valence-electron chi connectivity index (χ0n) is 10.1. The number of hydrogen-bond acceptors (Lipinski definition) is 6. The van der Waals surface area contributed by atoms with Crippen LogP contribution in [0.3, 0.4) is 0 Å². The maximum Gasteiger partial charge on any atom is 0.269 e. The van der Waals surface area contributed by atoms with Gasteiger partial charge in [-0.05, 0) is 25.0 Å². The summed E-state index contributed by atoms with van der Waals surface area (Å²) in [5, 5.41) is 17.7. The van der Waals surface area contributed by atoms with Crippen molar-refractivity contribution in [2.45, 2.75) is 25.4 Å². The molecule has 1 heterocycles. The number of nitrogens with one attached hydrogen (secondary N) is 1. The van der Waals surface area contributed by atoms with Gasteiger partial charge in [-0.2, -0.15) is 4.98 Å². The molecule has 1 aromatic carbocycles. The Balaban J connectivity index is 1.71. The number of rotatable bonds is 5. The molecule has 7 nitrogen and oxygen atoms in total. The highest BCUT2D eigenvalue weighted by atomic mass is 16.6. The maximum atomic E-state index is 10.6. The van der Waals surface area contributed by atoms with Gasteiger partial charge in [0, 0.05) is 23.7 Å². The molecule has 0 unspecified atom stereocenters. The fourth-order valence-electron chi connectivity index (χ4n) is 1.69. The van der Waals surface area contributed by atoms with Crippen molar-refractivity contribution in [3.63, 3.8) is 0 Å². The van der Waals surface area contributed by atoms with E-state index in [1.165, 1.54) is 25.0 Å². The highest BCUT2D eigenvalue weighted by Crippen LogP contribution is 2.22. The first-order valence-electron chi connectivity index (χ1n) is 6.03. The van der Waals surface area contributed by atoms with E-state index in [0.29, 0.717) is 29.9 Å². The van der Waals surface area contributed by atoms with Crippen LogP contribution in [0, 0.1) is 10.1 Å². The van der Waals surface area contributed by atoms with E-state index in [1.807, 2.05) is 0 Å². The summed E-state index contributed by atoms with van der Waals surface area (Å²) in [6.07, 6.45) is 2.40. The Morgan fingerprint density at radius 1 is 1.37 bits per heavy atom. The lowest BCUT2D eigenvalue weighted by Crippen LogP contribution is -2.16. The van der Waals surface area contributed by atoms with E-state index in [9.17, 15) is 10.1 Å². The number of nitro benzene ring substituents is 1. The van der Waals surface area contributed by atoms with Crippen molar-refractivity contribution in [1.29, 1.82) is 0 Å². The van der Waals surface area contributed by atoms with E-state index >= 15 is 0 Å². The van der Waals surface area contributed by atoms with Crippen LogP contribution in [0.25, 0.3) is 11.5 Å². The summed E-state index contributed by atoms with van der Waals surface area (Å²) in [4.78, 5) is 14.4. The number of aromatic nitrogens is 2. The maximum absolute atomic E-state index is 10.6. The third-order valence-corrected chi connectivity index (χ3v) is 2.92. The van der Waals surface area contributed by atoms with E-state index in [2.05, 4.69) is 15.5 Å². The van der Waals surface area contributed by atoms with Crippen molar-refractivity contribution >= 4 is 5.69 Å². The molecule has 2 aromatic rings. The molecule has 19 heavy (non-hydrogen) atoms. The second-order valence-electron chi connectivity index (χ2n) is 4.47. The van der Waals surface area contributed by atoms with Gasteiger partial charge in [-0.1, -0.05) is 5.16 Å². The van der Waals surface area contributed by atoms with Gasteiger partial charge in [-0.25, -0.2) is 0 Å². The molecule has 1 aliphatic rings. The number of benzene rings is 1. The first-order chi connectivity index (χ1) is 9.22. The van der Waals surface area contributed by atoms with Crippen molar-refractivity contribution in [2.75, 3.05) is 0 Å². The number of hydrogen-bond donors (Lipinski definition) is 1. The Hall–Kier alpha value is -2.28. The fraction of sp³-hybridized carbons (Fsp3) is 0.333. The molecular weight excluding hydrogens is 248 g/mol. The molecule has 0 spiro atoms. The number of nitro groups is 1. The van der Waals surface area contributed by atoms with Crippen LogP contribution in [0.15, 0.2) is 28.8 Å². The lowest BCUT2D eigenvalue weighted by Gasteiger charge is -1.95. The van der Waals surface area contributed by atoms with Gasteiger partial charge >= 0.3 is 0 Å². The Morgan fingerprint density at radius 2 is 2.11 bits per heavy atom. The molecule has 1 aliphatic carbocycles. The van der Waals surface area contributed by atoms with Gasteiger partial charge in [0.05, 0.1) is 11.5 Å². The molecule has 0 bridgehead atoms. The molecule has 1 fully saturated rings. The van der Waals surface area contributed by atoms with Gasteiger partial charge in [0.25, 0.3) is 11.6 Å². The zero-order valence-corrected chi connectivity index (χ0v) is 10.1. The third-order valence-electron chi connectivity index (χ3n) is 2.92. The summed E-state index contributed by atoms with van der Waals surface area (Å²) in [5.74, 6) is 0.975. The van der Waals surface area contributed by atoms with Crippen LogP contribution in [-0.2, 0) is 6.54 Å². The minimum atomic E-state index is -0.442. The second kappa shape index (κ2) is 4.77. The van der Waals surface area contributed by atoms with Gasteiger partial charge in [-0.3, -0.25) is 10.1 Å². The molecule has 1 N–H and O–H groups in total. The third kappa shape index (κ3) is 2.76. The normalized spacial score (nSPS) is 14.5. The van der Waals surface area contributed by atoms with Crippen molar-refractivity contribution < 1.29 is 9.45 Å². The molecule has 0 saturated heterocycles. The van der Waals surface area contributed by atoms with E-state index in [0.717, 1.165) is 0 Å². The molecule has 0 amide bonds. The van der Waals surface area contributed by atoms with Gasteiger partial charge < -0.3 is 9.84 Å². The summed E-state index contributed by atoms with van der Waals surface area (Å²) >= 11 is 0. The van der Waals surface area contributed by atoms with Gasteiger partial charge in [0.2, 0.25) is 0 Å². The Morgan fingerprint density at radius 3 is 2.74 bits per heavy atom. The molecule has 7 heteroatoms. The average molecular weight is 260 g/mol. The van der Waals surface area contributed by atoms with E-state index in [-0.39, 0.29) is 5.69 Å². The predicted octanol–water partition coefficient (Wildman–Crippen LogP) is 1.90. The topological polar surface area (TPSA) is 94.1 Å². The van der Waals surface area contributed by atoms with Crippen LogP contribution in [-0.4, -0.2) is 21.1 Å². The Bertz CT molecular complexity index is 589. The van der Waals surface area contributed by atoms with Crippen LogP contribution < -0.4 is 5.32 Å². The molecule has 1 aromatic heterocycles. The van der Waals surface area contributed by atoms with Crippen LogP contribution in [0.4, 0.5) is 5.69 Å². The summed E-state index contributed by atoms with van der Waals surface area (Å²) in [7, 11) is 0. The fourth-order valence-corrected chi connectivity index (χ4v) is 1.69. The molecule has 0 aliphatic heterocycles. The summed E-state index contributed by atoms with van der Waals surface area (Å²) in [6, 6.07) is 6.62. The number of nitrogens with zero attached hydrogens (tertiary/aromatic N) is 3. The zero-order chi connectivity index (χ0) is 13.2. The highest BCUT2D eigenvalue weighted by Gasteiger charge is 2.21. The lowest BCUT2D eigenvalue weighted by molar-refractivity contribution is -0.384. The summed E-state index contributed by atoms with van der Waals surface area (Å²) in [5.41, 5.74) is 0.717. The molecule has 3 rings (SSSR count). The molecule has 0 radical (unpaired) electrons. The van der Waals surface area contributed by atoms with Gasteiger partial charge in [0.15, 0.2) is 5.82 Å². The summed E-state index contributed by atoms with van der Waals surface area (Å²) in [6.45, 7) is 0.584. The van der Waals surface area contributed by atoms with Crippen LogP contribution in [0.1, 0.15) is 18.7 Å². The molecule has 1 saturated carbocycles. The quantitative estimate of drug-likeness (QED) is 0.651. The highest BCUT2D eigenvalue weighted by molar-refractivity contribution is 5.55.